The maximum Gasteiger partial charge on any atom is 0.103 e. The summed E-state index contributed by atoms with van der Waals surface area (Å²) in [5.74, 6) is 1.66. The van der Waals surface area contributed by atoms with Crippen molar-refractivity contribution in [2.24, 2.45) is 0 Å². The van der Waals surface area contributed by atoms with Crippen molar-refractivity contribution in [3.8, 4) is 0 Å². The van der Waals surface area contributed by atoms with Crippen molar-refractivity contribution >= 4 is 22.9 Å². The normalized spacial score (nSPS) is 11.0. The van der Waals surface area contributed by atoms with Gasteiger partial charge in [0.2, 0.25) is 0 Å². The third-order valence-electron chi connectivity index (χ3n) is 6.98. The Balaban J connectivity index is 0.000000202. The van der Waals surface area contributed by atoms with Gasteiger partial charge in [-0.05, 0) is 34.2 Å². The Kier molecular flexibility index (Phi) is 10.5. The van der Waals surface area contributed by atoms with Crippen LogP contribution in [-0.4, -0.2) is 26.9 Å². The highest BCUT2D eigenvalue weighted by Crippen LogP contribution is 2.34. The number of benzene rings is 4. The first-order valence-corrected chi connectivity index (χ1v) is 15.2. The van der Waals surface area contributed by atoms with Crippen molar-refractivity contribution in [2.75, 3.05) is 0 Å². The Bertz CT molecular complexity index is 1320. The van der Waals surface area contributed by atoms with E-state index in [1.807, 2.05) is 55.0 Å². The van der Waals surface area contributed by atoms with Gasteiger partial charge in [0.15, 0.2) is 0 Å². The molecule has 0 aliphatic rings. The van der Waals surface area contributed by atoms with Crippen LogP contribution in [0.3, 0.4) is 0 Å². The van der Waals surface area contributed by atoms with Crippen LogP contribution in [0.4, 0.5) is 0 Å². The van der Waals surface area contributed by atoms with Gasteiger partial charge in [0.1, 0.15) is 7.85 Å². The molecule has 4 heteroatoms. The molecule has 0 fully saturated rings. The van der Waals surface area contributed by atoms with Gasteiger partial charge in [-0.1, -0.05) is 140 Å². The minimum absolute atomic E-state index is 0.0831. The molecule has 4 aromatic carbocycles. The smallest absolute Gasteiger partial charge is 0.103 e. The van der Waals surface area contributed by atoms with Gasteiger partial charge in [0, 0.05) is 12.4 Å². The van der Waals surface area contributed by atoms with E-state index in [-0.39, 0.29) is 5.16 Å². The van der Waals surface area contributed by atoms with E-state index in [1.165, 1.54) is 23.6 Å². The highest BCUT2D eigenvalue weighted by Gasteiger charge is 2.35. The minimum Gasteiger partial charge on any atom is -0.327 e. The summed E-state index contributed by atoms with van der Waals surface area (Å²) in [5, 5.41) is -0.0831. The predicted octanol–water partition coefficient (Wildman–Crippen LogP) is 7.43. The van der Waals surface area contributed by atoms with E-state index >= 15 is 0 Å². The molecule has 2 nitrogen and oxygen atoms in total. The van der Waals surface area contributed by atoms with Crippen molar-refractivity contribution in [1.29, 1.82) is 0 Å². The monoisotopic (exact) mass is 522 g/mol. The third-order valence-corrected chi connectivity index (χ3v) is 9.74. The molecule has 0 saturated heterocycles. The summed E-state index contributed by atoms with van der Waals surface area (Å²) in [5.41, 5.74) is 6.08. The molecule has 5 rings (SSSR count). The van der Waals surface area contributed by atoms with Crippen LogP contribution >= 0.6 is 0 Å². The zero-order chi connectivity index (χ0) is 27.2. The van der Waals surface area contributed by atoms with E-state index in [9.17, 15) is 0 Å². The van der Waals surface area contributed by atoms with Crippen molar-refractivity contribution in [3.05, 3.63) is 181 Å². The Hall–Kier alpha value is -4.15. The van der Waals surface area contributed by atoms with Crippen LogP contribution in [0.2, 0.25) is 6.04 Å². The molecule has 0 saturated carbocycles. The van der Waals surface area contributed by atoms with Gasteiger partial charge in [0.05, 0.1) is 21.0 Å². The molecular formula is C35H35BN2Si. The molecule has 0 aliphatic carbocycles. The quantitative estimate of drug-likeness (QED) is 0.106. The molecule has 0 atom stereocenters. The fraction of sp³-hybridized carbons (Fsp3) is 0.114. The second-order valence-corrected chi connectivity index (χ2v) is 11.6. The average molecular weight is 523 g/mol. The number of unbranched alkanes of at least 4 members (excludes halogenated alkanes) is 1. The van der Waals surface area contributed by atoms with Gasteiger partial charge in [-0.3, -0.25) is 0 Å². The van der Waals surface area contributed by atoms with E-state index in [0.717, 1.165) is 23.1 Å². The van der Waals surface area contributed by atoms with Crippen LogP contribution in [0.5, 0.6) is 0 Å². The van der Waals surface area contributed by atoms with Crippen LogP contribution in [0.25, 0.3) is 5.57 Å². The number of hydrogen-bond acceptors (Lipinski definition) is 1. The fourth-order valence-corrected chi connectivity index (χ4v) is 7.60. The van der Waals surface area contributed by atoms with E-state index in [1.54, 1.807) is 5.98 Å². The van der Waals surface area contributed by atoms with Crippen molar-refractivity contribution in [2.45, 2.75) is 24.0 Å². The van der Waals surface area contributed by atoms with Gasteiger partial charge in [0.25, 0.3) is 0 Å². The molecule has 1 heterocycles. The molecule has 0 bridgehead atoms. The van der Waals surface area contributed by atoms with Crippen LogP contribution in [0.15, 0.2) is 159 Å². The largest absolute Gasteiger partial charge is 0.327 e. The number of allylic oxidation sites excluding steroid dienone is 1. The summed E-state index contributed by atoms with van der Waals surface area (Å²) in [6.45, 7) is 3.86. The fourth-order valence-electron chi connectivity index (χ4n) is 5.06. The standard InChI is InChI=1S/C21H24N2Si.C14H11B/c1-2-3-10-17-24-21(23-16-15-22-18-23,19-11-6-4-7-12-19)20-13-8-5-9-14-20;15-11-14(12-7-3-1-4-8-12)13-9-5-2-6-10-13/h2,4-9,11-16,18H,1,3,10,17,24H2;1-11H. The topological polar surface area (TPSA) is 17.8 Å². The van der Waals surface area contributed by atoms with Crippen LogP contribution in [0, 0.1) is 0 Å². The SMILES string of the molecule is C=CCCC[SiH2]C(c1ccccc1)(c1ccccc1)n1ccnc1.[B]C=C(c1ccccc1)c1ccccc1. The first-order valence-electron chi connectivity index (χ1n) is 13.5. The molecule has 1 aromatic heterocycles. The first-order chi connectivity index (χ1) is 19.3. The van der Waals surface area contributed by atoms with Crippen molar-refractivity contribution in [3.63, 3.8) is 0 Å². The number of rotatable bonds is 10. The molecule has 0 aliphatic heterocycles. The summed E-state index contributed by atoms with van der Waals surface area (Å²) < 4.78 is 2.32. The molecule has 0 spiro atoms. The van der Waals surface area contributed by atoms with Gasteiger partial charge >= 0.3 is 0 Å². The van der Waals surface area contributed by atoms with Gasteiger partial charge in [-0.15, -0.1) is 12.6 Å². The third kappa shape index (κ3) is 7.04. The molecule has 0 unspecified atom stereocenters. The second-order valence-electron chi connectivity index (χ2n) is 9.41. The van der Waals surface area contributed by atoms with E-state index in [2.05, 4.69) is 107 Å². The lowest BCUT2D eigenvalue weighted by molar-refractivity contribution is 0.589. The minimum atomic E-state index is -0.492. The Morgan fingerprint density at radius 2 is 1.26 bits per heavy atom. The number of nitrogens with zero attached hydrogens (tertiary/aromatic N) is 2. The highest BCUT2D eigenvalue weighted by molar-refractivity contribution is 6.41. The number of aromatic nitrogens is 2. The lowest BCUT2D eigenvalue weighted by Gasteiger charge is -2.37. The summed E-state index contributed by atoms with van der Waals surface area (Å²) in [4.78, 5) is 4.35. The summed E-state index contributed by atoms with van der Waals surface area (Å²) in [6.07, 6.45) is 10.3. The number of hydrogen-bond donors (Lipinski definition) is 0. The second kappa shape index (κ2) is 14.7. The zero-order valence-electron chi connectivity index (χ0n) is 22.4. The highest BCUT2D eigenvalue weighted by atomic mass is 28.2. The lowest BCUT2D eigenvalue weighted by atomic mass is 9.92. The molecule has 0 amide bonds. The summed E-state index contributed by atoms with van der Waals surface area (Å²) >= 11 is 0. The van der Waals surface area contributed by atoms with Crippen LogP contribution < -0.4 is 0 Å². The Labute approximate surface area is 237 Å². The molecule has 192 valence electrons. The van der Waals surface area contributed by atoms with E-state index < -0.39 is 9.52 Å². The average Bonchev–Trinajstić information content (AvgIpc) is 3.56. The molecule has 39 heavy (non-hydrogen) atoms. The van der Waals surface area contributed by atoms with E-state index in [4.69, 9.17) is 7.85 Å². The molecule has 0 N–H and O–H groups in total. The maximum absolute atomic E-state index is 5.67. The molecular weight excluding hydrogens is 487 g/mol. The molecule has 2 radical (unpaired) electrons. The predicted molar refractivity (Wildman–Crippen MR) is 170 cm³/mol. The number of imidazole rings is 1. The van der Waals surface area contributed by atoms with Crippen LogP contribution in [0.1, 0.15) is 35.1 Å². The Morgan fingerprint density at radius 1 is 0.769 bits per heavy atom. The first kappa shape index (κ1) is 27.9. The zero-order valence-corrected chi connectivity index (χ0v) is 23.9. The van der Waals surface area contributed by atoms with Crippen molar-refractivity contribution < 1.29 is 0 Å². The molecule has 5 aromatic rings. The Morgan fingerprint density at radius 3 is 1.67 bits per heavy atom. The summed E-state index contributed by atoms with van der Waals surface area (Å²) in [6, 6.07) is 43.4. The maximum atomic E-state index is 5.67. The van der Waals surface area contributed by atoms with Gasteiger partial charge in [-0.2, -0.15) is 0 Å². The van der Waals surface area contributed by atoms with Gasteiger partial charge in [-0.25, -0.2) is 4.98 Å². The van der Waals surface area contributed by atoms with Crippen molar-refractivity contribution in [1.82, 2.24) is 9.55 Å². The van der Waals surface area contributed by atoms with Crippen LogP contribution in [-0.2, 0) is 5.16 Å². The summed E-state index contributed by atoms with van der Waals surface area (Å²) in [7, 11) is 5.18. The van der Waals surface area contributed by atoms with E-state index in [0.29, 0.717) is 0 Å². The lowest BCUT2D eigenvalue weighted by Crippen LogP contribution is -2.41. The van der Waals surface area contributed by atoms with Gasteiger partial charge < -0.3 is 4.57 Å².